The predicted molar refractivity (Wildman–Crippen MR) is 109 cm³/mol. The summed E-state index contributed by atoms with van der Waals surface area (Å²) in [6.07, 6.45) is 1.10. The normalized spacial score (nSPS) is 12.9. The van der Waals surface area contributed by atoms with Crippen LogP contribution in [0.4, 0.5) is 0 Å². The van der Waals surface area contributed by atoms with E-state index < -0.39 is 0 Å². The molecule has 0 aliphatic carbocycles. The highest BCUT2D eigenvalue weighted by Crippen LogP contribution is 2.28. The zero-order valence-electron chi connectivity index (χ0n) is 16.4. The maximum Gasteiger partial charge on any atom is 0.0724 e. The van der Waals surface area contributed by atoms with Crippen molar-refractivity contribution >= 4 is 21.5 Å². The second-order valence-corrected chi connectivity index (χ2v) is 9.35. The van der Waals surface area contributed by atoms with Crippen LogP contribution in [0.25, 0.3) is 21.5 Å². The molecule has 25 heavy (non-hydrogen) atoms. The van der Waals surface area contributed by atoms with Crippen LogP contribution >= 0.6 is 0 Å². The molecule has 0 atom stereocenters. The number of fused-ring (bicyclic) bond motifs is 2. The highest BCUT2D eigenvalue weighted by atomic mass is 16.5. The molecule has 0 bridgehead atoms. The minimum Gasteiger partial charge on any atom is -0.371 e. The van der Waals surface area contributed by atoms with E-state index in [1.165, 1.54) is 32.7 Å². The first-order chi connectivity index (χ1) is 11.6. The van der Waals surface area contributed by atoms with Gasteiger partial charge in [-0.1, -0.05) is 51.1 Å². The highest BCUT2D eigenvalue weighted by Gasteiger charge is 2.12. The molecule has 132 valence electrons. The van der Waals surface area contributed by atoms with Crippen molar-refractivity contribution in [2.45, 2.75) is 60.2 Å². The number of rotatable bonds is 3. The summed E-state index contributed by atoms with van der Waals surface area (Å²) in [5, 5.41) is 5.21. The third kappa shape index (κ3) is 4.83. The summed E-state index contributed by atoms with van der Waals surface area (Å²) in [4.78, 5) is 0. The van der Waals surface area contributed by atoms with Gasteiger partial charge in [0.05, 0.1) is 12.2 Å². The second kappa shape index (κ2) is 6.46. The van der Waals surface area contributed by atoms with Gasteiger partial charge in [-0.3, -0.25) is 0 Å². The lowest BCUT2D eigenvalue weighted by molar-refractivity contribution is -0.0149. The standard InChI is InChI=1S/C24H30O/c1-23(2,3)15-17-7-9-19-14-22-12-18(16-25-24(4,5)6)8-10-20(22)13-21(19)11-17/h7-14H,15-16H2,1-6H3. The predicted octanol–water partition coefficient (Wildman–Crippen LogP) is 6.90. The molecule has 0 unspecified atom stereocenters. The quantitative estimate of drug-likeness (QED) is 0.473. The maximum atomic E-state index is 5.91. The van der Waals surface area contributed by atoms with Gasteiger partial charge in [0.2, 0.25) is 0 Å². The van der Waals surface area contributed by atoms with Crippen molar-refractivity contribution in [3.05, 3.63) is 59.7 Å². The molecule has 0 heterocycles. The molecule has 0 aromatic heterocycles. The van der Waals surface area contributed by atoms with Crippen LogP contribution in [-0.2, 0) is 17.8 Å². The van der Waals surface area contributed by atoms with Crippen molar-refractivity contribution < 1.29 is 4.74 Å². The molecule has 1 heteroatoms. The van der Waals surface area contributed by atoms with Crippen LogP contribution in [0.1, 0.15) is 52.7 Å². The Morgan fingerprint density at radius 3 is 1.68 bits per heavy atom. The smallest absolute Gasteiger partial charge is 0.0724 e. The minimum atomic E-state index is -0.109. The summed E-state index contributed by atoms with van der Waals surface area (Å²) in [5.41, 5.74) is 2.84. The van der Waals surface area contributed by atoms with Gasteiger partial charge < -0.3 is 4.74 Å². The molecule has 3 aromatic rings. The van der Waals surface area contributed by atoms with Gasteiger partial charge in [-0.25, -0.2) is 0 Å². The van der Waals surface area contributed by atoms with Crippen LogP contribution in [0, 0.1) is 5.41 Å². The fraction of sp³-hybridized carbons (Fsp3) is 0.417. The van der Waals surface area contributed by atoms with Gasteiger partial charge in [0.25, 0.3) is 0 Å². The van der Waals surface area contributed by atoms with Gasteiger partial charge >= 0.3 is 0 Å². The SMILES string of the molecule is CC(C)(C)Cc1ccc2cc3cc(COC(C)(C)C)ccc3cc2c1. The van der Waals surface area contributed by atoms with Crippen molar-refractivity contribution in [1.82, 2.24) is 0 Å². The first-order valence-corrected chi connectivity index (χ1v) is 9.18. The minimum absolute atomic E-state index is 0.109. The Balaban J connectivity index is 1.94. The van der Waals surface area contributed by atoms with Gasteiger partial charge in [0.15, 0.2) is 0 Å². The molecule has 0 aliphatic rings. The Kier molecular flexibility index (Phi) is 4.64. The van der Waals surface area contributed by atoms with Gasteiger partial charge in [0, 0.05) is 0 Å². The van der Waals surface area contributed by atoms with E-state index in [1.54, 1.807) is 0 Å². The van der Waals surface area contributed by atoms with Crippen molar-refractivity contribution in [2.24, 2.45) is 5.41 Å². The summed E-state index contributed by atoms with van der Waals surface area (Å²) < 4.78 is 5.91. The second-order valence-electron chi connectivity index (χ2n) is 9.35. The molecular weight excluding hydrogens is 304 g/mol. The number of benzene rings is 3. The van der Waals surface area contributed by atoms with E-state index in [0.717, 1.165) is 6.42 Å². The summed E-state index contributed by atoms with van der Waals surface area (Å²) in [7, 11) is 0. The third-order valence-electron chi connectivity index (χ3n) is 4.33. The van der Waals surface area contributed by atoms with E-state index in [-0.39, 0.29) is 5.60 Å². The number of hydrogen-bond donors (Lipinski definition) is 0. The van der Waals surface area contributed by atoms with E-state index in [9.17, 15) is 0 Å². The lowest BCUT2D eigenvalue weighted by atomic mass is 9.87. The van der Waals surface area contributed by atoms with E-state index in [1.807, 2.05) is 0 Å². The maximum absolute atomic E-state index is 5.91. The monoisotopic (exact) mass is 334 g/mol. The summed E-state index contributed by atoms with van der Waals surface area (Å²) in [6.45, 7) is 13.8. The van der Waals surface area contributed by atoms with Crippen molar-refractivity contribution in [2.75, 3.05) is 0 Å². The molecular formula is C24H30O. The lowest BCUT2D eigenvalue weighted by Gasteiger charge is -2.19. The van der Waals surface area contributed by atoms with Gasteiger partial charge in [-0.15, -0.1) is 0 Å². The molecule has 0 spiro atoms. The fourth-order valence-corrected chi connectivity index (χ4v) is 3.21. The van der Waals surface area contributed by atoms with Crippen molar-refractivity contribution in [3.63, 3.8) is 0 Å². The molecule has 1 nitrogen and oxygen atoms in total. The van der Waals surface area contributed by atoms with Crippen LogP contribution < -0.4 is 0 Å². The van der Waals surface area contributed by atoms with Gasteiger partial charge in [-0.2, -0.15) is 0 Å². The van der Waals surface area contributed by atoms with Crippen LogP contribution in [0.2, 0.25) is 0 Å². The number of hydrogen-bond acceptors (Lipinski definition) is 1. The first-order valence-electron chi connectivity index (χ1n) is 9.18. The largest absolute Gasteiger partial charge is 0.371 e. The third-order valence-corrected chi connectivity index (χ3v) is 4.33. The molecule has 0 aliphatic heterocycles. The van der Waals surface area contributed by atoms with E-state index in [4.69, 9.17) is 4.74 Å². The Labute approximate surface area is 152 Å². The van der Waals surface area contributed by atoms with E-state index >= 15 is 0 Å². The Morgan fingerprint density at radius 2 is 1.16 bits per heavy atom. The Morgan fingerprint density at radius 1 is 0.640 bits per heavy atom. The van der Waals surface area contributed by atoms with Gasteiger partial charge in [-0.05, 0) is 83.5 Å². The summed E-state index contributed by atoms with van der Waals surface area (Å²) in [5.74, 6) is 0. The zero-order valence-corrected chi connectivity index (χ0v) is 16.4. The summed E-state index contributed by atoms with van der Waals surface area (Å²) in [6, 6.07) is 18.1. The average molecular weight is 335 g/mol. The molecule has 0 radical (unpaired) electrons. The van der Waals surface area contributed by atoms with E-state index in [2.05, 4.69) is 90.1 Å². The van der Waals surface area contributed by atoms with Crippen LogP contribution in [0.15, 0.2) is 48.5 Å². The fourth-order valence-electron chi connectivity index (χ4n) is 3.21. The van der Waals surface area contributed by atoms with Gasteiger partial charge in [0.1, 0.15) is 0 Å². The van der Waals surface area contributed by atoms with Crippen LogP contribution in [0.5, 0.6) is 0 Å². The van der Waals surface area contributed by atoms with E-state index in [0.29, 0.717) is 12.0 Å². The molecule has 3 aromatic carbocycles. The topological polar surface area (TPSA) is 9.23 Å². The molecule has 0 fully saturated rings. The van der Waals surface area contributed by atoms with Crippen LogP contribution in [-0.4, -0.2) is 5.60 Å². The Hall–Kier alpha value is -1.86. The summed E-state index contributed by atoms with van der Waals surface area (Å²) >= 11 is 0. The zero-order chi connectivity index (χ0) is 18.2. The molecule has 3 rings (SSSR count). The Bertz CT molecular complexity index is 891. The van der Waals surface area contributed by atoms with Crippen molar-refractivity contribution in [1.29, 1.82) is 0 Å². The number of ether oxygens (including phenoxy) is 1. The molecule has 0 saturated carbocycles. The average Bonchev–Trinajstić information content (AvgIpc) is 2.48. The molecule has 0 saturated heterocycles. The first kappa shape index (κ1) is 17.9. The highest BCUT2D eigenvalue weighted by molar-refractivity contribution is 5.98. The molecule has 0 N–H and O–H groups in total. The lowest BCUT2D eigenvalue weighted by Crippen LogP contribution is -2.18. The molecule has 0 amide bonds. The van der Waals surface area contributed by atoms with Crippen LogP contribution in [0.3, 0.4) is 0 Å². The van der Waals surface area contributed by atoms with Crippen molar-refractivity contribution in [3.8, 4) is 0 Å².